The second-order valence-electron chi connectivity index (χ2n) is 6.46. The molecule has 0 bridgehead atoms. The number of anilines is 2. The van der Waals surface area contributed by atoms with E-state index in [4.69, 9.17) is 11.6 Å². The molecule has 0 fully saturated rings. The van der Waals surface area contributed by atoms with E-state index in [1.807, 2.05) is 65.8 Å². The van der Waals surface area contributed by atoms with E-state index >= 15 is 0 Å². The summed E-state index contributed by atoms with van der Waals surface area (Å²) >= 11 is 6.16. The molecule has 3 aromatic rings. The molecular formula is C19H20ClN5O. The highest BCUT2D eigenvalue weighted by Crippen LogP contribution is 2.29. The van der Waals surface area contributed by atoms with Gasteiger partial charge in [-0.3, -0.25) is 4.90 Å². The van der Waals surface area contributed by atoms with Crippen molar-refractivity contribution in [3.05, 3.63) is 53.2 Å². The van der Waals surface area contributed by atoms with Crippen LogP contribution < -0.4 is 10.2 Å². The molecular weight excluding hydrogens is 350 g/mol. The molecule has 2 aromatic heterocycles. The van der Waals surface area contributed by atoms with E-state index in [1.54, 1.807) is 4.90 Å². The molecule has 0 saturated heterocycles. The summed E-state index contributed by atoms with van der Waals surface area (Å²) in [5, 5.41) is 8.29. The summed E-state index contributed by atoms with van der Waals surface area (Å²) in [6, 6.07) is 11.3. The van der Waals surface area contributed by atoms with Gasteiger partial charge in [0.1, 0.15) is 11.5 Å². The van der Waals surface area contributed by atoms with Crippen LogP contribution in [-0.2, 0) is 13.6 Å². The van der Waals surface area contributed by atoms with E-state index in [9.17, 15) is 4.79 Å². The Morgan fingerprint density at radius 2 is 2.08 bits per heavy atom. The zero-order chi connectivity index (χ0) is 18.3. The molecule has 1 aromatic carbocycles. The number of amides is 2. The molecule has 0 saturated carbocycles. The number of fused-ring (bicyclic) bond motifs is 1. The van der Waals surface area contributed by atoms with Crippen LogP contribution >= 0.6 is 11.6 Å². The fraction of sp³-hybridized carbons (Fsp3) is 0.263. The van der Waals surface area contributed by atoms with Gasteiger partial charge >= 0.3 is 6.03 Å². The first kappa shape index (κ1) is 16.7. The molecule has 1 aliphatic heterocycles. The lowest BCUT2D eigenvalue weighted by Gasteiger charge is -2.27. The van der Waals surface area contributed by atoms with E-state index in [0.29, 0.717) is 11.6 Å². The van der Waals surface area contributed by atoms with Gasteiger partial charge in [0.25, 0.3) is 0 Å². The van der Waals surface area contributed by atoms with E-state index < -0.39 is 0 Å². The van der Waals surface area contributed by atoms with E-state index in [-0.39, 0.29) is 6.03 Å². The summed E-state index contributed by atoms with van der Waals surface area (Å²) in [5.74, 6) is 0.810. The Hall–Kier alpha value is -2.73. The van der Waals surface area contributed by atoms with Crippen LogP contribution in [-0.4, -0.2) is 26.9 Å². The van der Waals surface area contributed by atoms with Crippen molar-refractivity contribution in [1.29, 1.82) is 0 Å². The van der Waals surface area contributed by atoms with E-state index in [1.165, 1.54) is 0 Å². The number of nitrogens with zero attached hydrogens (tertiary/aromatic N) is 4. The standard InChI is InChI=1S/C19H20ClN5O/c1-13-14(20)6-3-7-15(13)21-19(26)24-10-5-11-25-18(24)12-16(22-25)17-8-4-9-23(17)2/h3-4,6-9,12H,5,10-11H2,1-2H3,(H,21,26). The number of rotatable bonds is 2. The van der Waals surface area contributed by atoms with Gasteiger partial charge in [0.15, 0.2) is 0 Å². The number of hydrogen-bond donors (Lipinski definition) is 1. The first-order valence-electron chi connectivity index (χ1n) is 8.58. The maximum Gasteiger partial charge on any atom is 0.327 e. The van der Waals surface area contributed by atoms with E-state index in [2.05, 4.69) is 10.4 Å². The van der Waals surface area contributed by atoms with Gasteiger partial charge in [-0.15, -0.1) is 0 Å². The zero-order valence-electron chi connectivity index (χ0n) is 14.7. The summed E-state index contributed by atoms with van der Waals surface area (Å²) in [6.07, 6.45) is 2.85. The maximum atomic E-state index is 12.9. The SMILES string of the molecule is Cc1c(Cl)cccc1NC(=O)N1CCCn2nc(-c3cccn3C)cc21. The molecule has 6 nitrogen and oxygen atoms in total. The Morgan fingerprint density at radius 3 is 2.85 bits per heavy atom. The summed E-state index contributed by atoms with van der Waals surface area (Å²) in [6.45, 7) is 3.36. The Labute approximate surface area is 157 Å². The van der Waals surface area contributed by atoms with Crippen LogP contribution in [0.1, 0.15) is 12.0 Å². The van der Waals surface area contributed by atoms with Crippen LogP contribution in [0.3, 0.4) is 0 Å². The van der Waals surface area contributed by atoms with Crippen LogP contribution in [0.2, 0.25) is 5.02 Å². The van der Waals surface area contributed by atoms with Gasteiger partial charge < -0.3 is 9.88 Å². The highest BCUT2D eigenvalue weighted by Gasteiger charge is 2.26. The van der Waals surface area contributed by atoms with Gasteiger partial charge in [-0.1, -0.05) is 17.7 Å². The van der Waals surface area contributed by atoms with Crippen LogP contribution in [0.15, 0.2) is 42.6 Å². The molecule has 26 heavy (non-hydrogen) atoms. The molecule has 1 aliphatic rings. The van der Waals surface area contributed by atoms with Crippen molar-refractivity contribution in [3.63, 3.8) is 0 Å². The van der Waals surface area contributed by atoms with Crippen molar-refractivity contribution >= 4 is 29.1 Å². The number of aromatic nitrogens is 3. The highest BCUT2D eigenvalue weighted by molar-refractivity contribution is 6.31. The van der Waals surface area contributed by atoms with Gasteiger partial charge in [-0.05, 0) is 43.2 Å². The Balaban J connectivity index is 1.63. The zero-order valence-corrected chi connectivity index (χ0v) is 15.5. The normalized spacial score (nSPS) is 13.6. The molecule has 1 N–H and O–H groups in total. The van der Waals surface area contributed by atoms with Gasteiger partial charge in [0.2, 0.25) is 0 Å². The molecule has 7 heteroatoms. The van der Waals surface area contributed by atoms with Crippen LogP contribution in [0, 0.1) is 6.92 Å². The largest absolute Gasteiger partial charge is 0.349 e. The van der Waals surface area contributed by atoms with Gasteiger partial charge in [0, 0.05) is 43.1 Å². The predicted molar refractivity (Wildman–Crippen MR) is 104 cm³/mol. The maximum absolute atomic E-state index is 12.9. The molecule has 4 rings (SSSR count). The molecule has 3 heterocycles. The first-order valence-corrected chi connectivity index (χ1v) is 8.95. The summed E-state index contributed by atoms with van der Waals surface area (Å²) in [4.78, 5) is 14.6. The number of nitrogens with one attached hydrogen (secondary N) is 1. The highest BCUT2D eigenvalue weighted by atomic mass is 35.5. The lowest BCUT2D eigenvalue weighted by molar-refractivity contribution is 0.255. The van der Waals surface area contributed by atoms with Gasteiger partial charge in [0.05, 0.1) is 5.69 Å². The quantitative estimate of drug-likeness (QED) is 0.732. The van der Waals surface area contributed by atoms with Crippen LogP contribution in [0.5, 0.6) is 0 Å². The van der Waals surface area contributed by atoms with Crippen molar-refractivity contribution in [2.75, 3.05) is 16.8 Å². The number of carbonyl (C=O) groups excluding carboxylic acids is 1. The number of benzene rings is 1. The van der Waals surface area contributed by atoms with Crippen molar-refractivity contribution < 1.29 is 4.79 Å². The average molecular weight is 370 g/mol. The number of aryl methyl sites for hydroxylation is 2. The number of urea groups is 1. The number of halogens is 1. The topological polar surface area (TPSA) is 55.1 Å². The number of carbonyl (C=O) groups is 1. The fourth-order valence-electron chi connectivity index (χ4n) is 3.27. The van der Waals surface area contributed by atoms with Crippen LogP contribution in [0.25, 0.3) is 11.4 Å². The average Bonchev–Trinajstić information content (AvgIpc) is 3.24. The lowest BCUT2D eigenvalue weighted by Crippen LogP contribution is -2.40. The third-order valence-corrected chi connectivity index (χ3v) is 5.16. The second kappa shape index (κ2) is 6.53. The Kier molecular flexibility index (Phi) is 4.20. The van der Waals surface area contributed by atoms with Crippen molar-refractivity contribution in [3.8, 4) is 11.4 Å². The lowest BCUT2D eigenvalue weighted by atomic mass is 10.2. The fourth-order valence-corrected chi connectivity index (χ4v) is 3.44. The summed E-state index contributed by atoms with van der Waals surface area (Å²) in [5.41, 5.74) is 3.48. The molecule has 134 valence electrons. The monoisotopic (exact) mass is 369 g/mol. The minimum atomic E-state index is -0.172. The molecule has 0 unspecified atom stereocenters. The number of hydrogen-bond acceptors (Lipinski definition) is 2. The smallest absolute Gasteiger partial charge is 0.327 e. The van der Waals surface area contributed by atoms with Gasteiger partial charge in [-0.25, -0.2) is 9.48 Å². The van der Waals surface area contributed by atoms with Crippen molar-refractivity contribution in [1.82, 2.24) is 14.3 Å². The van der Waals surface area contributed by atoms with Crippen molar-refractivity contribution in [2.24, 2.45) is 7.05 Å². The second-order valence-corrected chi connectivity index (χ2v) is 6.87. The molecule has 2 amide bonds. The molecule has 0 radical (unpaired) electrons. The van der Waals surface area contributed by atoms with Crippen molar-refractivity contribution in [2.45, 2.75) is 19.9 Å². The molecule has 0 atom stereocenters. The summed E-state index contributed by atoms with van der Waals surface area (Å²) in [7, 11) is 1.99. The third-order valence-electron chi connectivity index (χ3n) is 4.75. The van der Waals surface area contributed by atoms with Gasteiger partial charge in [-0.2, -0.15) is 5.10 Å². The predicted octanol–water partition coefficient (Wildman–Crippen LogP) is 4.29. The minimum Gasteiger partial charge on any atom is -0.349 e. The Bertz CT molecular complexity index is 974. The van der Waals surface area contributed by atoms with Crippen LogP contribution in [0.4, 0.5) is 16.3 Å². The first-order chi connectivity index (χ1) is 12.5. The molecule has 0 spiro atoms. The van der Waals surface area contributed by atoms with E-state index in [0.717, 1.165) is 41.4 Å². The molecule has 0 aliphatic carbocycles. The minimum absolute atomic E-state index is 0.172. The Morgan fingerprint density at radius 1 is 1.23 bits per heavy atom. The third kappa shape index (κ3) is 2.86. The summed E-state index contributed by atoms with van der Waals surface area (Å²) < 4.78 is 3.92.